The Kier molecular flexibility index (Phi) is 7.90. The van der Waals surface area contributed by atoms with Crippen LogP contribution in [0, 0.1) is 6.92 Å². The van der Waals surface area contributed by atoms with E-state index < -0.39 is 30.5 Å². The number of aliphatic carboxylic acids is 1. The summed E-state index contributed by atoms with van der Waals surface area (Å²) >= 11 is 6.68. The number of carbonyl (C=O) groups excluding carboxylic acids is 1. The molecule has 8 nitrogen and oxygen atoms in total. The highest BCUT2D eigenvalue weighted by Gasteiger charge is 2.39. The zero-order valence-electron chi connectivity index (χ0n) is 21.0. The number of carbonyl (C=O) groups is 2. The van der Waals surface area contributed by atoms with Crippen molar-refractivity contribution in [2.24, 2.45) is 0 Å². The molecule has 194 valence electrons. The fourth-order valence-electron chi connectivity index (χ4n) is 4.46. The van der Waals surface area contributed by atoms with E-state index in [1.54, 1.807) is 42.3 Å². The second kappa shape index (κ2) is 11.1. The van der Waals surface area contributed by atoms with Crippen molar-refractivity contribution < 1.29 is 33.6 Å². The Bertz CT molecular complexity index is 1330. The number of halogens is 1. The van der Waals surface area contributed by atoms with Gasteiger partial charge in [-0.05, 0) is 31.2 Å². The molecule has 0 spiro atoms. The van der Waals surface area contributed by atoms with Crippen LogP contribution in [0.4, 0.5) is 5.69 Å². The van der Waals surface area contributed by atoms with Crippen LogP contribution in [0.5, 0.6) is 17.2 Å². The molecule has 1 aliphatic rings. The number of fused-ring (bicyclic) bond motifs is 1. The van der Waals surface area contributed by atoms with Crippen molar-refractivity contribution in [2.45, 2.75) is 32.1 Å². The molecule has 37 heavy (non-hydrogen) atoms. The number of hydrogen-bond donors (Lipinski definition) is 1. The SMILES string of the molecule is COc1ccc(CN2C(=O)C(CC(=O)O)OC(c3cccc(OC)c3Cl)c3cc(C)ccc32)c(OC)c1. The third kappa shape index (κ3) is 5.35. The number of rotatable bonds is 8. The van der Waals surface area contributed by atoms with Crippen molar-refractivity contribution in [1.82, 2.24) is 0 Å². The topological polar surface area (TPSA) is 94.5 Å². The number of aryl methyl sites for hydroxylation is 1. The average Bonchev–Trinajstić information content (AvgIpc) is 2.99. The second-order valence-electron chi connectivity index (χ2n) is 8.63. The number of carboxylic acid groups (broad SMARTS) is 1. The lowest BCUT2D eigenvalue weighted by Crippen LogP contribution is -2.40. The molecule has 1 N–H and O–H groups in total. The molecule has 4 rings (SSSR count). The van der Waals surface area contributed by atoms with E-state index in [0.717, 1.165) is 11.1 Å². The fourth-order valence-corrected chi connectivity index (χ4v) is 4.76. The molecule has 1 heterocycles. The Morgan fingerprint density at radius 3 is 2.43 bits per heavy atom. The minimum absolute atomic E-state index is 0.125. The first kappa shape index (κ1) is 26.3. The molecule has 9 heteroatoms. The van der Waals surface area contributed by atoms with Crippen molar-refractivity contribution in [1.29, 1.82) is 0 Å². The zero-order valence-corrected chi connectivity index (χ0v) is 21.7. The van der Waals surface area contributed by atoms with Gasteiger partial charge in [-0.2, -0.15) is 0 Å². The highest BCUT2D eigenvalue weighted by molar-refractivity contribution is 6.33. The van der Waals surface area contributed by atoms with Crippen molar-refractivity contribution in [3.8, 4) is 17.2 Å². The van der Waals surface area contributed by atoms with Crippen LogP contribution in [0.15, 0.2) is 54.6 Å². The summed E-state index contributed by atoms with van der Waals surface area (Å²) in [4.78, 5) is 27.2. The molecule has 3 aromatic carbocycles. The van der Waals surface area contributed by atoms with Gasteiger partial charge in [0.15, 0.2) is 0 Å². The van der Waals surface area contributed by atoms with Crippen LogP contribution in [0.3, 0.4) is 0 Å². The lowest BCUT2D eigenvalue weighted by molar-refractivity contribution is -0.147. The number of ether oxygens (including phenoxy) is 4. The second-order valence-corrected chi connectivity index (χ2v) is 9.01. The molecule has 3 aromatic rings. The molecule has 0 radical (unpaired) electrons. The predicted octanol–water partition coefficient (Wildman–Crippen LogP) is 5.17. The van der Waals surface area contributed by atoms with Crippen LogP contribution in [0.1, 0.15) is 34.8 Å². The summed E-state index contributed by atoms with van der Waals surface area (Å²) in [5, 5.41) is 9.94. The van der Waals surface area contributed by atoms with Crippen molar-refractivity contribution >= 4 is 29.2 Å². The Morgan fingerprint density at radius 1 is 1.00 bits per heavy atom. The average molecular weight is 526 g/mol. The number of benzene rings is 3. The van der Waals surface area contributed by atoms with Gasteiger partial charge in [0.2, 0.25) is 0 Å². The lowest BCUT2D eigenvalue weighted by Gasteiger charge is -2.26. The minimum Gasteiger partial charge on any atom is -0.497 e. The maximum absolute atomic E-state index is 13.9. The van der Waals surface area contributed by atoms with Crippen LogP contribution in [0.2, 0.25) is 5.02 Å². The van der Waals surface area contributed by atoms with Crippen LogP contribution in [-0.4, -0.2) is 44.4 Å². The highest BCUT2D eigenvalue weighted by Crippen LogP contribution is 2.44. The molecule has 0 fully saturated rings. The summed E-state index contributed by atoms with van der Waals surface area (Å²) in [6.07, 6.45) is -2.59. The maximum Gasteiger partial charge on any atom is 0.306 e. The van der Waals surface area contributed by atoms with E-state index in [1.165, 1.54) is 14.2 Å². The van der Waals surface area contributed by atoms with Gasteiger partial charge in [-0.25, -0.2) is 0 Å². The lowest BCUT2D eigenvalue weighted by atomic mass is 9.97. The van der Waals surface area contributed by atoms with Gasteiger partial charge in [0.1, 0.15) is 29.5 Å². The van der Waals surface area contributed by atoms with E-state index in [1.807, 2.05) is 31.2 Å². The van der Waals surface area contributed by atoms with Gasteiger partial charge in [-0.3, -0.25) is 9.59 Å². The Hall–Kier alpha value is -3.75. The predicted molar refractivity (Wildman–Crippen MR) is 139 cm³/mol. The van der Waals surface area contributed by atoms with Crippen LogP contribution in [-0.2, 0) is 20.9 Å². The van der Waals surface area contributed by atoms with Gasteiger partial charge in [0, 0.05) is 22.8 Å². The number of anilines is 1. The molecule has 2 atom stereocenters. The molecular weight excluding hydrogens is 498 g/mol. The third-order valence-corrected chi connectivity index (χ3v) is 6.68. The zero-order chi connectivity index (χ0) is 26.7. The summed E-state index contributed by atoms with van der Waals surface area (Å²) in [5.41, 5.74) is 3.50. The molecule has 1 aliphatic heterocycles. The number of amides is 1. The number of methoxy groups -OCH3 is 3. The fraction of sp³-hybridized carbons (Fsp3) is 0.286. The Balaban J connectivity index is 1.90. The van der Waals surface area contributed by atoms with E-state index >= 15 is 0 Å². The van der Waals surface area contributed by atoms with Gasteiger partial charge < -0.3 is 29.0 Å². The van der Waals surface area contributed by atoms with E-state index in [4.69, 9.17) is 30.5 Å². The molecule has 2 unspecified atom stereocenters. The van der Waals surface area contributed by atoms with E-state index in [-0.39, 0.29) is 6.54 Å². The number of nitrogens with zero attached hydrogens (tertiary/aromatic N) is 1. The quantitative estimate of drug-likeness (QED) is 0.433. The van der Waals surface area contributed by atoms with Gasteiger partial charge in [0.25, 0.3) is 5.91 Å². The first-order valence-corrected chi connectivity index (χ1v) is 12.0. The van der Waals surface area contributed by atoms with Crippen LogP contribution in [0.25, 0.3) is 0 Å². The first-order chi connectivity index (χ1) is 17.8. The first-order valence-electron chi connectivity index (χ1n) is 11.6. The van der Waals surface area contributed by atoms with Crippen molar-refractivity contribution in [2.75, 3.05) is 26.2 Å². The van der Waals surface area contributed by atoms with Crippen LogP contribution < -0.4 is 19.1 Å². The van der Waals surface area contributed by atoms with E-state index in [0.29, 0.717) is 39.1 Å². The highest BCUT2D eigenvalue weighted by atomic mass is 35.5. The molecule has 1 amide bonds. The summed E-state index contributed by atoms with van der Waals surface area (Å²) in [5.74, 6) is -0.0428. The molecule has 0 aliphatic carbocycles. The Labute approximate surface area is 220 Å². The van der Waals surface area contributed by atoms with Gasteiger partial charge in [-0.1, -0.05) is 41.4 Å². The molecule has 0 saturated heterocycles. The summed E-state index contributed by atoms with van der Waals surface area (Å²) in [6, 6.07) is 16.3. The number of hydrogen-bond acceptors (Lipinski definition) is 6. The standard InChI is InChI=1S/C28H28ClNO7/c1-16-8-11-21-20(12-16)27(19-6-5-7-22(35-3)26(19)29)37-24(14-25(31)32)28(33)30(21)15-17-9-10-18(34-2)13-23(17)36-4/h5-13,24,27H,14-15H2,1-4H3,(H,31,32). The largest absolute Gasteiger partial charge is 0.497 e. The van der Waals surface area contributed by atoms with Crippen molar-refractivity contribution in [3.63, 3.8) is 0 Å². The van der Waals surface area contributed by atoms with E-state index in [9.17, 15) is 14.7 Å². The summed E-state index contributed by atoms with van der Waals surface area (Å²) in [7, 11) is 4.61. The number of carboxylic acids is 1. The minimum atomic E-state index is -1.26. The van der Waals surface area contributed by atoms with E-state index in [2.05, 4.69) is 0 Å². The van der Waals surface area contributed by atoms with Gasteiger partial charge in [0.05, 0.1) is 45.0 Å². The molecule has 0 saturated carbocycles. The third-order valence-electron chi connectivity index (χ3n) is 6.28. The smallest absolute Gasteiger partial charge is 0.306 e. The Morgan fingerprint density at radius 2 is 1.76 bits per heavy atom. The molecule has 0 aromatic heterocycles. The van der Waals surface area contributed by atoms with Gasteiger partial charge in [-0.15, -0.1) is 0 Å². The normalized spacial score (nSPS) is 17.1. The molecular formula is C28H28ClNO7. The van der Waals surface area contributed by atoms with Crippen LogP contribution >= 0.6 is 11.6 Å². The monoisotopic (exact) mass is 525 g/mol. The summed E-state index contributed by atoms with van der Waals surface area (Å²) < 4.78 is 22.5. The summed E-state index contributed by atoms with van der Waals surface area (Å²) in [6.45, 7) is 2.06. The maximum atomic E-state index is 13.9. The van der Waals surface area contributed by atoms with Gasteiger partial charge >= 0.3 is 5.97 Å². The van der Waals surface area contributed by atoms with Crippen molar-refractivity contribution in [3.05, 3.63) is 81.9 Å². The molecule has 0 bridgehead atoms.